The molecule has 0 bridgehead atoms. The Bertz CT molecular complexity index is 1050. The third-order valence-electron chi connectivity index (χ3n) is 4.78. The van der Waals surface area contributed by atoms with Gasteiger partial charge in [0.2, 0.25) is 0 Å². The average molecular weight is 482 g/mol. The summed E-state index contributed by atoms with van der Waals surface area (Å²) < 4.78 is 14.2. The normalized spacial score (nSPS) is 11.0. The smallest absolute Gasteiger partial charge is 0.123 e. The minimum atomic E-state index is -0.289. The molecule has 0 aliphatic heterocycles. The molecule has 0 saturated heterocycles. The van der Waals surface area contributed by atoms with Gasteiger partial charge in [0.25, 0.3) is 0 Å². The molecule has 0 atom stereocenters. The molecular weight excluding hydrogens is 445 g/mol. The van der Waals surface area contributed by atoms with Crippen molar-refractivity contribution in [3.05, 3.63) is 112 Å². The highest BCUT2D eigenvalue weighted by atomic mass is 35.5. The molecule has 0 radical (unpaired) electrons. The largest absolute Gasteiger partial charge is 0.398 e. The third kappa shape index (κ3) is 9.05. The van der Waals surface area contributed by atoms with Crippen LogP contribution in [0.4, 0.5) is 10.1 Å². The Morgan fingerprint density at radius 3 is 2.26 bits per heavy atom. The van der Waals surface area contributed by atoms with E-state index in [1.54, 1.807) is 12.1 Å². The summed E-state index contributed by atoms with van der Waals surface area (Å²) in [6, 6.07) is 22.3. The topological polar surface area (TPSA) is 64.1 Å². The maximum atomic E-state index is 14.2. The Morgan fingerprint density at radius 2 is 1.62 bits per heavy atom. The van der Waals surface area contributed by atoms with Gasteiger partial charge in [-0.2, -0.15) is 0 Å². The maximum Gasteiger partial charge on any atom is 0.123 e. The fraction of sp³-hybridized carbons (Fsp3) is 0.241. The Balaban J connectivity index is 0.00000137. The van der Waals surface area contributed by atoms with E-state index in [1.165, 1.54) is 13.1 Å². The first kappa shape index (κ1) is 29.0. The van der Waals surface area contributed by atoms with E-state index in [1.807, 2.05) is 80.6 Å². The van der Waals surface area contributed by atoms with E-state index in [2.05, 4.69) is 18.0 Å². The highest BCUT2D eigenvalue weighted by Gasteiger charge is 2.10. The van der Waals surface area contributed by atoms with E-state index in [0.29, 0.717) is 17.1 Å². The summed E-state index contributed by atoms with van der Waals surface area (Å²) in [4.78, 5) is 0. The molecule has 3 rings (SSSR count). The minimum Gasteiger partial charge on any atom is -0.398 e. The number of benzene rings is 3. The Hall–Kier alpha value is -3.08. The first-order valence-electron chi connectivity index (χ1n) is 11.7. The van der Waals surface area contributed by atoms with Crippen LogP contribution in [0.25, 0.3) is 11.3 Å². The molecule has 5 N–H and O–H groups in total. The second-order valence-electron chi connectivity index (χ2n) is 7.04. The molecule has 5 heteroatoms. The molecule has 182 valence electrons. The van der Waals surface area contributed by atoms with Crippen LogP contribution in [0.2, 0.25) is 5.02 Å². The van der Waals surface area contributed by atoms with Crippen LogP contribution in [0.3, 0.4) is 0 Å². The van der Waals surface area contributed by atoms with E-state index in [4.69, 9.17) is 17.3 Å². The second kappa shape index (κ2) is 16.5. The lowest BCUT2D eigenvalue weighted by molar-refractivity contribution is 0.627. The van der Waals surface area contributed by atoms with Crippen LogP contribution in [-0.2, 0) is 6.42 Å². The number of halogens is 2. The van der Waals surface area contributed by atoms with Crippen molar-refractivity contribution in [2.75, 3.05) is 18.9 Å². The summed E-state index contributed by atoms with van der Waals surface area (Å²) in [6.07, 6.45) is 5.52. The van der Waals surface area contributed by atoms with Gasteiger partial charge in [-0.3, -0.25) is 0 Å². The van der Waals surface area contributed by atoms with Gasteiger partial charge in [-0.1, -0.05) is 87.0 Å². The molecular formula is C29H37ClFN3. The summed E-state index contributed by atoms with van der Waals surface area (Å²) >= 11 is 6.34. The van der Waals surface area contributed by atoms with Crippen molar-refractivity contribution in [2.24, 2.45) is 11.5 Å². The van der Waals surface area contributed by atoms with Crippen molar-refractivity contribution >= 4 is 28.6 Å². The zero-order valence-electron chi connectivity index (χ0n) is 20.6. The van der Waals surface area contributed by atoms with Gasteiger partial charge in [0.1, 0.15) is 5.82 Å². The lowest BCUT2D eigenvalue weighted by Crippen LogP contribution is -2.04. The lowest BCUT2D eigenvalue weighted by Gasteiger charge is -2.14. The van der Waals surface area contributed by atoms with Crippen LogP contribution >= 0.6 is 11.6 Å². The van der Waals surface area contributed by atoms with Crippen LogP contribution in [0.5, 0.6) is 0 Å². The fourth-order valence-corrected chi connectivity index (χ4v) is 3.39. The summed E-state index contributed by atoms with van der Waals surface area (Å²) in [5.74, 6) is -0.289. The molecule has 0 aliphatic carbocycles. The summed E-state index contributed by atoms with van der Waals surface area (Å²) in [7, 11) is 1.50. The monoisotopic (exact) mass is 481 g/mol. The second-order valence-corrected chi connectivity index (χ2v) is 7.44. The molecule has 0 heterocycles. The SMILES string of the molecule is CC.CCCNc1ccc(F)cc1C(/C=C(\N)c1ccccc1)=C/Cc1ccccc1Cl.CN. The van der Waals surface area contributed by atoms with Crippen LogP contribution in [0.15, 0.2) is 84.9 Å². The van der Waals surface area contributed by atoms with Crippen molar-refractivity contribution in [1.82, 2.24) is 0 Å². The van der Waals surface area contributed by atoms with Crippen molar-refractivity contribution in [3.63, 3.8) is 0 Å². The number of allylic oxidation sites excluding steroid dienone is 3. The van der Waals surface area contributed by atoms with Gasteiger partial charge in [-0.25, -0.2) is 4.39 Å². The quantitative estimate of drug-likeness (QED) is 0.291. The molecule has 3 aromatic rings. The number of hydrogen-bond donors (Lipinski definition) is 3. The van der Waals surface area contributed by atoms with Gasteiger partial charge < -0.3 is 16.8 Å². The number of nitrogens with two attached hydrogens (primary N) is 2. The van der Waals surface area contributed by atoms with Gasteiger partial charge >= 0.3 is 0 Å². The first-order valence-corrected chi connectivity index (χ1v) is 12.0. The zero-order chi connectivity index (χ0) is 25.3. The van der Waals surface area contributed by atoms with Gasteiger partial charge in [0, 0.05) is 28.5 Å². The molecule has 0 aromatic heterocycles. The number of anilines is 1. The number of hydrogen-bond acceptors (Lipinski definition) is 3. The van der Waals surface area contributed by atoms with Gasteiger partial charge in [0.05, 0.1) is 0 Å². The highest BCUT2D eigenvalue weighted by Crippen LogP contribution is 2.29. The predicted molar refractivity (Wildman–Crippen MR) is 148 cm³/mol. The molecule has 3 aromatic carbocycles. The van der Waals surface area contributed by atoms with Crippen molar-refractivity contribution < 1.29 is 4.39 Å². The van der Waals surface area contributed by atoms with Gasteiger partial charge in [-0.05, 0) is 66.9 Å². The van der Waals surface area contributed by atoms with Crippen LogP contribution < -0.4 is 16.8 Å². The summed E-state index contributed by atoms with van der Waals surface area (Å²) in [6.45, 7) is 6.89. The van der Waals surface area contributed by atoms with E-state index >= 15 is 0 Å². The zero-order valence-corrected chi connectivity index (χ0v) is 21.4. The molecule has 0 spiro atoms. The van der Waals surface area contributed by atoms with E-state index < -0.39 is 0 Å². The standard InChI is InChI=1S/C26H26ClFN2.C2H6.CH5N/c1-2-16-30-26-15-14-22(28)18-23(26)21(13-12-19-8-6-7-11-24(19)27)17-25(29)20-9-4-3-5-10-20;2*1-2/h3-11,13-15,17-18,30H,2,12,16,29H2,1H3;1-2H3;2H2,1H3/b21-13+,25-17-;;. The molecule has 0 saturated carbocycles. The minimum absolute atomic E-state index is 0.289. The van der Waals surface area contributed by atoms with Crippen molar-refractivity contribution in [2.45, 2.75) is 33.6 Å². The summed E-state index contributed by atoms with van der Waals surface area (Å²) in [5, 5.41) is 4.09. The fourth-order valence-electron chi connectivity index (χ4n) is 3.18. The predicted octanol–water partition coefficient (Wildman–Crippen LogP) is 7.53. The Morgan fingerprint density at radius 1 is 0.971 bits per heavy atom. The van der Waals surface area contributed by atoms with Crippen molar-refractivity contribution in [3.8, 4) is 0 Å². The van der Waals surface area contributed by atoms with Crippen LogP contribution in [0, 0.1) is 5.82 Å². The van der Waals surface area contributed by atoms with Crippen LogP contribution in [0.1, 0.15) is 43.9 Å². The Kier molecular flexibility index (Phi) is 14.1. The van der Waals surface area contributed by atoms with E-state index in [0.717, 1.165) is 40.9 Å². The maximum absolute atomic E-state index is 14.2. The molecule has 0 fully saturated rings. The highest BCUT2D eigenvalue weighted by molar-refractivity contribution is 6.31. The third-order valence-corrected chi connectivity index (χ3v) is 5.14. The summed E-state index contributed by atoms with van der Waals surface area (Å²) in [5.41, 5.74) is 15.9. The molecule has 3 nitrogen and oxygen atoms in total. The lowest BCUT2D eigenvalue weighted by atomic mass is 9.98. The van der Waals surface area contributed by atoms with Gasteiger partial charge in [0.15, 0.2) is 0 Å². The Labute approximate surface area is 209 Å². The van der Waals surface area contributed by atoms with E-state index in [-0.39, 0.29) is 5.82 Å². The number of rotatable bonds is 8. The first-order chi connectivity index (χ1) is 16.6. The van der Waals surface area contributed by atoms with Gasteiger partial charge in [-0.15, -0.1) is 0 Å². The van der Waals surface area contributed by atoms with E-state index in [9.17, 15) is 4.39 Å². The van der Waals surface area contributed by atoms with Crippen molar-refractivity contribution in [1.29, 1.82) is 0 Å². The average Bonchev–Trinajstić information content (AvgIpc) is 2.89. The number of nitrogens with one attached hydrogen (secondary N) is 1. The van der Waals surface area contributed by atoms with Crippen LogP contribution in [-0.4, -0.2) is 13.6 Å². The molecule has 0 unspecified atom stereocenters. The molecule has 34 heavy (non-hydrogen) atoms. The molecule has 0 amide bonds. The molecule has 0 aliphatic rings.